The van der Waals surface area contributed by atoms with Crippen molar-refractivity contribution in [2.45, 2.75) is 57.8 Å². The van der Waals surface area contributed by atoms with Crippen molar-refractivity contribution in [2.24, 2.45) is 0 Å². The molecule has 8 aromatic rings. The maximum atomic E-state index is 11.0. The third-order valence-corrected chi connectivity index (χ3v) is 11.1. The van der Waals surface area contributed by atoms with Gasteiger partial charge in [0.2, 0.25) is 0 Å². The molecule has 9 rings (SSSR count). The molecule has 55 heavy (non-hydrogen) atoms. The number of hydrogen-bond donors (Lipinski definition) is 1. The molecule has 0 spiro atoms. The fourth-order valence-electron chi connectivity index (χ4n) is 8.17. The van der Waals surface area contributed by atoms with Crippen LogP contribution in [0.3, 0.4) is 0 Å². The predicted molar refractivity (Wildman–Crippen MR) is 221 cm³/mol. The van der Waals surface area contributed by atoms with Crippen molar-refractivity contribution in [1.82, 2.24) is 15.0 Å². The van der Waals surface area contributed by atoms with Gasteiger partial charge in [0.05, 0.1) is 27.8 Å². The van der Waals surface area contributed by atoms with E-state index in [1.54, 1.807) is 6.07 Å². The molecule has 0 radical (unpaired) electrons. The van der Waals surface area contributed by atoms with Crippen LogP contribution in [0.4, 0.5) is 0 Å². The summed E-state index contributed by atoms with van der Waals surface area (Å²) in [7, 11) is 0. The average Bonchev–Trinajstić information content (AvgIpc) is 3.47. The van der Waals surface area contributed by atoms with Gasteiger partial charge in [0.25, 0.3) is 0 Å². The van der Waals surface area contributed by atoms with E-state index in [4.69, 9.17) is 15.0 Å². The van der Waals surface area contributed by atoms with Crippen LogP contribution in [0.1, 0.15) is 75.1 Å². The van der Waals surface area contributed by atoms with Crippen LogP contribution in [-0.2, 0) is 37.3 Å². The molecule has 5 heteroatoms. The molecule has 274 valence electrons. The monoisotopic (exact) mass is 895 g/mol. The molecule has 0 bridgehead atoms. The van der Waals surface area contributed by atoms with Gasteiger partial charge in [0.1, 0.15) is 5.75 Å². The minimum absolute atomic E-state index is 0. The van der Waals surface area contributed by atoms with Crippen molar-refractivity contribution in [3.8, 4) is 39.4 Å². The predicted octanol–water partition coefficient (Wildman–Crippen LogP) is 12.0. The number of pyridine rings is 1. The number of aromatic nitrogens is 3. The number of phenolic OH excluding ortho intramolecular Hbond substituents is 1. The number of rotatable bonds is 4. The first kappa shape index (κ1) is 36.5. The zero-order chi connectivity index (χ0) is 37.4. The Morgan fingerprint density at radius 3 is 1.93 bits per heavy atom. The summed E-state index contributed by atoms with van der Waals surface area (Å²) >= 11 is 0. The van der Waals surface area contributed by atoms with Crippen LogP contribution in [0.5, 0.6) is 5.75 Å². The van der Waals surface area contributed by atoms with E-state index in [0.29, 0.717) is 11.3 Å². The Balaban J connectivity index is 0.00000427. The molecule has 0 saturated carbocycles. The molecule has 0 saturated heterocycles. The van der Waals surface area contributed by atoms with Gasteiger partial charge in [-0.2, -0.15) is 0 Å². The third-order valence-electron chi connectivity index (χ3n) is 11.1. The van der Waals surface area contributed by atoms with E-state index in [0.717, 1.165) is 44.3 Å². The topological polar surface area (TPSA) is 58.9 Å². The molecular formula is C50H42N3OPt-. The van der Waals surface area contributed by atoms with E-state index in [1.807, 2.05) is 42.6 Å². The zero-order valence-electron chi connectivity index (χ0n) is 31.9. The zero-order valence-corrected chi connectivity index (χ0v) is 34.2. The summed E-state index contributed by atoms with van der Waals surface area (Å²) in [5.74, 6) is 0.199. The SMILES string of the molecule is CC(C)(C)c1ccc2c(c1)C(c1[c-]c(-c3cnc4c(ccc5ccccc54)n3)ccc1)(c1cccc(-c3ccccc3O)n1)c1cc(C(C)(C)C)ccc1-2.[Pt]. The number of fused-ring (bicyclic) bond motifs is 6. The van der Waals surface area contributed by atoms with Gasteiger partial charge in [-0.3, -0.25) is 15.0 Å². The van der Waals surface area contributed by atoms with Crippen molar-refractivity contribution in [2.75, 3.05) is 0 Å². The summed E-state index contributed by atoms with van der Waals surface area (Å²) in [4.78, 5) is 15.6. The molecule has 0 aliphatic heterocycles. The van der Waals surface area contributed by atoms with Crippen LogP contribution in [0.15, 0.2) is 140 Å². The van der Waals surface area contributed by atoms with E-state index < -0.39 is 5.41 Å². The largest absolute Gasteiger partial charge is 0.507 e. The molecule has 0 unspecified atom stereocenters. The molecule has 1 N–H and O–H groups in total. The van der Waals surface area contributed by atoms with E-state index in [2.05, 4.69) is 139 Å². The molecular weight excluding hydrogens is 854 g/mol. The van der Waals surface area contributed by atoms with Gasteiger partial charge in [-0.05, 0) is 79.9 Å². The van der Waals surface area contributed by atoms with Crippen LogP contribution < -0.4 is 0 Å². The van der Waals surface area contributed by atoms with Gasteiger partial charge in [-0.1, -0.05) is 126 Å². The first-order valence-electron chi connectivity index (χ1n) is 18.7. The summed E-state index contributed by atoms with van der Waals surface area (Å²) in [6, 6.07) is 50.3. The fraction of sp³-hybridized carbons (Fsp3) is 0.180. The second-order valence-electron chi connectivity index (χ2n) is 16.6. The molecule has 0 amide bonds. The Hall–Kier alpha value is -5.44. The standard InChI is InChI=1S/C50H42N3O.Pt/c1-48(2,3)33-22-24-37-38-25-23-34(49(4,5)6)29-41(38)50(40(37)28-33,46-20-12-18-42(53-46)39-17-9-10-19-45(39)54)35-15-11-14-32(27-35)44-30-51-47-36-16-8-7-13-31(36)21-26-43(47)52-44;/h7-26,28-30,54H,1-6H3;/q-1;. The maximum absolute atomic E-state index is 11.0. The maximum Gasteiger partial charge on any atom is 0.124 e. The normalized spacial score (nSPS) is 13.3. The quantitative estimate of drug-likeness (QED) is 0.141. The van der Waals surface area contributed by atoms with Crippen molar-refractivity contribution in [3.63, 3.8) is 0 Å². The van der Waals surface area contributed by atoms with Gasteiger partial charge in [0.15, 0.2) is 0 Å². The Labute approximate surface area is 337 Å². The second-order valence-corrected chi connectivity index (χ2v) is 16.6. The summed E-state index contributed by atoms with van der Waals surface area (Å²) in [5.41, 5.74) is 12.8. The second kappa shape index (κ2) is 13.4. The van der Waals surface area contributed by atoms with Crippen LogP contribution in [0, 0.1) is 6.07 Å². The van der Waals surface area contributed by atoms with Crippen LogP contribution in [0.2, 0.25) is 0 Å². The Morgan fingerprint density at radius 2 is 1.24 bits per heavy atom. The van der Waals surface area contributed by atoms with Crippen molar-refractivity contribution < 1.29 is 26.2 Å². The van der Waals surface area contributed by atoms with Crippen molar-refractivity contribution >= 4 is 21.8 Å². The average molecular weight is 896 g/mol. The van der Waals surface area contributed by atoms with Gasteiger partial charge in [-0.15, -0.1) is 35.4 Å². The van der Waals surface area contributed by atoms with Crippen LogP contribution in [-0.4, -0.2) is 20.1 Å². The van der Waals surface area contributed by atoms with Gasteiger partial charge < -0.3 is 5.11 Å². The molecule has 2 heterocycles. The first-order chi connectivity index (χ1) is 25.9. The van der Waals surface area contributed by atoms with Gasteiger partial charge >= 0.3 is 0 Å². The number of para-hydroxylation sites is 1. The Bertz CT molecular complexity index is 2710. The number of hydrogen-bond acceptors (Lipinski definition) is 4. The Kier molecular flexibility index (Phi) is 8.90. The first-order valence-corrected chi connectivity index (χ1v) is 18.7. The number of nitrogens with zero attached hydrogens (tertiary/aromatic N) is 3. The third kappa shape index (κ3) is 5.99. The smallest absolute Gasteiger partial charge is 0.124 e. The van der Waals surface area contributed by atoms with E-state index in [9.17, 15) is 5.11 Å². The molecule has 0 atom stereocenters. The molecule has 2 aromatic heterocycles. The van der Waals surface area contributed by atoms with Crippen LogP contribution >= 0.6 is 0 Å². The number of aromatic hydroxyl groups is 1. The molecule has 4 nitrogen and oxygen atoms in total. The summed E-state index contributed by atoms with van der Waals surface area (Å²) < 4.78 is 0. The van der Waals surface area contributed by atoms with Gasteiger partial charge in [0, 0.05) is 43.9 Å². The van der Waals surface area contributed by atoms with E-state index >= 15 is 0 Å². The Morgan fingerprint density at radius 1 is 0.582 bits per heavy atom. The van der Waals surface area contributed by atoms with Crippen molar-refractivity contribution in [1.29, 1.82) is 0 Å². The molecule has 1 aliphatic carbocycles. The minimum Gasteiger partial charge on any atom is -0.507 e. The fourth-order valence-corrected chi connectivity index (χ4v) is 8.17. The molecule has 1 aliphatic rings. The van der Waals surface area contributed by atoms with Crippen LogP contribution in [0.25, 0.3) is 55.4 Å². The number of phenols is 1. The minimum atomic E-state index is -0.843. The van der Waals surface area contributed by atoms with E-state index in [1.165, 1.54) is 33.4 Å². The molecule has 0 fully saturated rings. The van der Waals surface area contributed by atoms with Gasteiger partial charge in [-0.25, -0.2) is 0 Å². The summed E-state index contributed by atoms with van der Waals surface area (Å²) in [6.07, 6.45) is 1.88. The van der Waals surface area contributed by atoms with Crippen molar-refractivity contribution in [3.05, 3.63) is 179 Å². The van der Waals surface area contributed by atoms with E-state index in [-0.39, 0.29) is 37.6 Å². The summed E-state index contributed by atoms with van der Waals surface area (Å²) in [5, 5.41) is 13.2. The number of benzene rings is 6. The summed E-state index contributed by atoms with van der Waals surface area (Å²) in [6.45, 7) is 13.6. The molecule has 6 aromatic carbocycles.